The molecule has 204 valence electrons. The summed E-state index contributed by atoms with van der Waals surface area (Å²) in [5.41, 5.74) is -2.45. The van der Waals surface area contributed by atoms with Gasteiger partial charge >= 0.3 is 12.4 Å². The Kier molecular flexibility index (Phi) is 7.45. The Hall–Kier alpha value is -2.84. The van der Waals surface area contributed by atoms with Crippen molar-refractivity contribution in [3.8, 4) is 0 Å². The summed E-state index contributed by atoms with van der Waals surface area (Å²) in [6, 6.07) is 6.55. The first kappa shape index (κ1) is 28.2. The molecule has 2 aromatic carbocycles. The largest absolute Gasteiger partial charge is 0.435 e. The molecule has 0 spiro atoms. The summed E-state index contributed by atoms with van der Waals surface area (Å²) < 4.78 is 80.7. The van der Waals surface area contributed by atoms with Crippen LogP contribution in [0.15, 0.2) is 46.0 Å². The van der Waals surface area contributed by atoms with E-state index in [0.717, 1.165) is 6.07 Å². The van der Waals surface area contributed by atoms with Gasteiger partial charge in [-0.05, 0) is 48.4 Å². The zero-order valence-electron chi connectivity index (χ0n) is 19.2. The molecule has 2 aromatic rings. The van der Waals surface area contributed by atoms with Gasteiger partial charge in [-0.25, -0.2) is 5.06 Å². The maximum absolute atomic E-state index is 14.2. The molecule has 7 nitrogen and oxygen atoms in total. The van der Waals surface area contributed by atoms with Crippen LogP contribution in [-0.2, 0) is 20.1 Å². The molecule has 2 atom stereocenters. The average molecular weight is 629 g/mol. The second-order valence-electron chi connectivity index (χ2n) is 8.63. The maximum atomic E-state index is 14.2. The van der Waals surface area contributed by atoms with Crippen LogP contribution in [0.1, 0.15) is 33.5 Å². The molecule has 0 unspecified atom stereocenters. The molecule has 0 aliphatic carbocycles. The minimum atomic E-state index is -4.85. The van der Waals surface area contributed by atoms with Crippen LogP contribution in [0.4, 0.5) is 26.3 Å². The lowest BCUT2D eigenvalue weighted by molar-refractivity contribution is -0.275. The van der Waals surface area contributed by atoms with Crippen LogP contribution < -0.4 is 5.32 Å². The van der Waals surface area contributed by atoms with Crippen LogP contribution >= 0.6 is 27.5 Å². The quantitative estimate of drug-likeness (QED) is 0.448. The zero-order valence-corrected chi connectivity index (χ0v) is 21.6. The Bertz CT molecular complexity index is 1300. The van der Waals surface area contributed by atoms with Crippen LogP contribution in [0.5, 0.6) is 0 Å². The van der Waals surface area contributed by atoms with Gasteiger partial charge in [-0.1, -0.05) is 38.8 Å². The molecule has 0 aromatic heterocycles. The number of rotatable bonds is 5. The molecule has 2 aliphatic heterocycles. The minimum absolute atomic E-state index is 0.0318. The molecule has 2 aliphatic rings. The summed E-state index contributed by atoms with van der Waals surface area (Å²) in [5.74, 6) is -1.83. The third-order valence-corrected chi connectivity index (χ3v) is 6.56. The van der Waals surface area contributed by atoms with E-state index in [0.29, 0.717) is 10.0 Å². The predicted molar refractivity (Wildman–Crippen MR) is 125 cm³/mol. The van der Waals surface area contributed by atoms with Crippen molar-refractivity contribution in [2.24, 2.45) is 5.16 Å². The van der Waals surface area contributed by atoms with Gasteiger partial charge in [-0.2, -0.15) is 26.3 Å². The van der Waals surface area contributed by atoms with Crippen molar-refractivity contribution < 1.29 is 45.6 Å². The number of hydrogen-bond acceptors (Lipinski definition) is 5. The van der Waals surface area contributed by atoms with Crippen LogP contribution in [0.2, 0.25) is 5.02 Å². The van der Waals surface area contributed by atoms with Crippen molar-refractivity contribution in [1.82, 2.24) is 10.4 Å². The van der Waals surface area contributed by atoms with Gasteiger partial charge in [0.15, 0.2) is 0 Å². The van der Waals surface area contributed by atoms with Crippen LogP contribution in [-0.4, -0.2) is 54.1 Å². The fourth-order valence-electron chi connectivity index (χ4n) is 4.04. The first-order valence-electron chi connectivity index (χ1n) is 10.8. The Morgan fingerprint density at radius 1 is 1.21 bits per heavy atom. The number of carbonyl (C=O) groups is 2. The summed E-state index contributed by atoms with van der Waals surface area (Å²) >= 11 is 9.09. The predicted octanol–water partition coefficient (Wildman–Crippen LogP) is 5.43. The minimum Gasteiger partial charge on any atom is -0.374 e. The van der Waals surface area contributed by atoms with Gasteiger partial charge in [0, 0.05) is 27.0 Å². The third kappa shape index (κ3) is 5.61. The molecule has 0 radical (unpaired) electrons. The molecule has 1 saturated heterocycles. The fourth-order valence-corrected chi connectivity index (χ4v) is 4.90. The lowest BCUT2D eigenvalue weighted by atomic mass is 9.86. The van der Waals surface area contributed by atoms with E-state index in [1.54, 1.807) is 0 Å². The van der Waals surface area contributed by atoms with Crippen molar-refractivity contribution in [1.29, 1.82) is 0 Å². The Balaban J connectivity index is 1.51. The van der Waals surface area contributed by atoms with Crippen molar-refractivity contribution in [3.05, 3.63) is 68.1 Å². The Labute approximate surface area is 224 Å². The number of halogens is 8. The van der Waals surface area contributed by atoms with E-state index in [4.69, 9.17) is 21.3 Å². The number of nitrogens with one attached hydrogen (secondary N) is 1. The average Bonchev–Trinajstić information content (AvgIpc) is 3.38. The number of benzene rings is 2. The molecule has 38 heavy (non-hydrogen) atoms. The van der Waals surface area contributed by atoms with Gasteiger partial charge in [0.1, 0.15) is 19.2 Å². The molecule has 0 bridgehead atoms. The number of amides is 2. The highest BCUT2D eigenvalue weighted by Gasteiger charge is 2.62. The summed E-state index contributed by atoms with van der Waals surface area (Å²) in [4.78, 5) is 34.5. The summed E-state index contributed by atoms with van der Waals surface area (Å²) in [5, 5.41) is 6.19. The van der Waals surface area contributed by atoms with Crippen LogP contribution in [0, 0.1) is 6.92 Å². The van der Waals surface area contributed by atoms with Gasteiger partial charge in [0.25, 0.3) is 17.4 Å². The molecule has 2 heterocycles. The Morgan fingerprint density at radius 3 is 2.53 bits per heavy atom. The topological polar surface area (TPSA) is 80.2 Å². The highest BCUT2D eigenvalue weighted by atomic mass is 79.9. The molecule has 0 saturated carbocycles. The van der Waals surface area contributed by atoms with Gasteiger partial charge < -0.3 is 10.2 Å². The van der Waals surface area contributed by atoms with Gasteiger partial charge in [-0.3, -0.25) is 14.4 Å². The van der Waals surface area contributed by atoms with E-state index in [-0.39, 0.29) is 32.5 Å². The van der Waals surface area contributed by atoms with E-state index in [9.17, 15) is 35.9 Å². The van der Waals surface area contributed by atoms with Crippen LogP contribution in [0.3, 0.4) is 0 Å². The van der Waals surface area contributed by atoms with Crippen molar-refractivity contribution in [3.63, 3.8) is 0 Å². The molecular weight excluding hydrogens is 612 g/mol. The van der Waals surface area contributed by atoms with E-state index in [1.807, 2.05) is 0 Å². The number of nitrogens with zero attached hydrogens (tertiary/aromatic N) is 2. The number of hydrogen-bond donors (Lipinski definition) is 1. The number of hydroxylamine groups is 2. The van der Waals surface area contributed by atoms with Crippen molar-refractivity contribution >= 4 is 45.1 Å². The van der Waals surface area contributed by atoms with E-state index < -0.39 is 55.4 Å². The second kappa shape index (κ2) is 10.0. The molecule has 2 amide bonds. The standard InChI is InChI=1S/C23H17BrClF6N3O4/c1-11-4-12(2-3-16(11)19(35)32-18-9-37-34(20(18)36)10-22(26,27)28)17-8-21(38-33-17,23(29,30)31)13-5-14(24)7-15(25)6-13/h2-7,18H,8-10H2,1H3,(H,32,35)/t18-,21+/m1/s1. The van der Waals surface area contributed by atoms with E-state index in [1.165, 1.54) is 37.3 Å². The maximum Gasteiger partial charge on any atom is 0.435 e. The molecule has 4 rings (SSSR count). The van der Waals surface area contributed by atoms with Crippen molar-refractivity contribution in [2.75, 3.05) is 13.2 Å². The number of carbonyl (C=O) groups excluding carboxylic acids is 2. The molecule has 1 N–H and O–H groups in total. The van der Waals surface area contributed by atoms with E-state index >= 15 is 0 Å². The highest BCUT2D eigenvalue weighted by molar-refractivity contribution is 9.10. The van der Waals surface area contributed by atoms with Crippen molar-refractivity contribution in [2.45, 2.75) is 37.3 Å². The third-order valence-electron chi connectivity index (χ3n) is 5.89. The first-order chi connectivity index (χ1) is 17.6. The van der Waals surface area contributed by atoms with Gasteiger partial charge in [0.2, 0.25) is 0 Å². The lowest BCUT2D eigenvalue weighted by Crippen LogP contribution is -2.44. The lowest BCUT2D eigenvalue weighted by Gasteiger charge is -2.29. The van der Waals surface area contributed by atoms with Gasteiger partial charge in [-0.15, -0.1) is 0 Å². The summed E-state index contributed by atoms with van der Waals surface area (Å²) in [6.07, 6.45) is -10.2. The molecule has 15 heteroatoms. The van der Waals surface area contributed by atoms with Crippen LogP contribution in [0.25, 0.3) is 0 Å². The smallest absolute Gasteiger partial charge is 0.374 e. The number of alkyl halides is 6. The second-order valence-corrected chi connectivity index (χ2v) is 9.98. The highest BCUT2D eigenvalue weighted by Crippen LogP contribution is 2.49. The normalized spacial score (nSPS) is 21.9. The number of aryl methyl sites for hydroxylation is 1. The monoisotopic (exact) mass is 627 g/mol. The summed E-state index contributed by atoms with van der Waals surface area (Å²) in [7, 11) is 0. The van der Waals surface area contributed by atoms with E-state index in [2.05, 4.69) is 26.4 Å². The number of oxime groups is 1. The summed E-state index contributed by atoms with van der Waals surface area (Å²) in [6.45, 7) is -0.602. The fraction of sp³-hybridized carbons (Fsp3) is 0.348. The van der Waals surface area contributed by atoms with Gasteiger partial charge in [0.05, 0.1) is 5.71 Å². The first-order valence-corrected chi connectivity index (χ1v) is 12.0. The molecule has 1 fully saturated rings. The SMILES string of the molecule is Cc1cc(C2=NO[C@@](c3cc(Cl)cc(Br)c3)(C(F)(F)F)C2)ccc1C(=O)N[C@@H]1CON(CC(F)(F)F)C1=O. The zero-order chi connectivity index (χ0) is 28.0. The molecular formula is C23H17BrClF6N3O4. The Morgan fingerprint density at radius 2 is 1.92 bits per heavy atom.